The Balaban J connectivity index is 2.27. The van der Waals surface area contributed by atoms with Crippen molar-refractivity contribution in [2.45, 2.75) is 12.2 Å². The fourth-order valence-electron chi connectivity index (χ4n) is 0.789. The molecular formula is C7H12N2OS2. The first-order valence-corrected chi connectivity index (χ1v) is 6.12. The highest BCUT2D eigenvalue weighted by Crippen LogP contribution is 2.08. The Bertz CT molecular complexity index is 236. The van der Waals surface area contributed by atoms with Gasteiger partial charge in [0.15, 0.2) is 0 Å². The van der Waals surface area contributed by atoms with Gasteiger partial charge in [0.2, 0.25) is 0 Å². The van der Waals surface area contributed by atoms with Crippen LogP contribution in [-0.4, -0.2) is 21.5 Å². The minimum atomic E-state index is -0.759. The third-order valence-corrected chi connectivity index (χ3v) is 3.70. The summed E-state index contributed by atoms with van der Waals surface area (Å²) in [5.74, 6) is 1.33. The molecule has 1 heterocycles. The van der Waals surface area contributed by atoms with Crippen LogP contribution >= 0.6 is 11.3 Å². The zero-order chi connectivity index (χ0) is 8.81. The lowest BCUT2D eigenvalue weighted by Gasteiger charge is -1.97. The second kappa shape index (κ2) is 5.40. The van der Waals surface area contributed by atoms with Crippen molar-refractivity contribution < 1.29 is 4.21 Å². The number of rotatable bonds is 5. The highest BCUT2D eigenvalue weighted by Gasteiger charge is 2.01. The molecule has 0 aliphatic heterocycles. The van der Waals surface area contributed by atoms with Gasteiger partial charge in [-0.1, -0.05) is 0 Å². The molecule has 0 saturated heterocycles. The SMILES string of the molecule is NCCCS(=O)Cc1cncs1. The standard InChI is InChI=1S/C7H12N2OS2/c8-2-1-3-12(10)5-7-4-9-6-11-7/h4,6H,1-3,5,8H2. The van der Waals surface area contributed by atoms with Crippen LogP contribution in [0.3, 0.4) is 0 Å². The molecule has 1 aromatic heterocycles. The molecule has 1 unspecified atom stereocenters. The number of aromatic nitrogens is 1. The molecule has 0 saturated carbocycles. The van der Waals surface area contributed by atoms with Crippen LogP contribution in [0, 0.1) is 0 Å². The largest absolute Gasteiger partial charge is 0.330 e. The zero-order valence-electron chi connectivity index (χ0n) is 6.73. The van der Waals surface area contributed by atoms with Crippen LogP contribution in [0.25, 0.3) is 0 Å². The van der Waals surface area contributed by atoms with E-state index >= 15 is 0 Å². The Morgan fingerprint density at radius 3 is 3.08 bits per heavy atom. The van der Waals surface area contributed by atoms with Crippen LogP contribution in [0.2, 0.25) is 0 Å². The summed E-state index contributed by atoms with van der Waals surface area (Å²) in [5.41, 5.74) is 7.07. The maximum absolute atomic E-state index is 11.3. The summed E-state index contributed by atoms with van der Waals surface area (Å²) >= 11 is 1.55. The molecule has 1 atom stereocenters. The second-order valence-corrected chi connectivity index (χ2v) is 4.95. The Kier molecular flexibility index (Phi) is 4.42. The van der Waals surface area contributed by atoms with E-state index in [1.807, 2.05) is 0 Å². The van der Waals surface area contributed by atoms with Gasteiger partial charge in [-0.2, -0.15) is 0 Å². The molecule has 0 spiro atoms. The Morgan fingerprint density at radius 1 is 1.67 bits per heavy atom. The average Bonchev–Trinajstić information content (AvgIpc) is 2.53. The predicted molar refractivity (Wildman–Crippen MR) is 52.5 cm³/mol. The van der Waals surface area contributed by atoms with Crippen molar-refractivity contribution in [3.05, 3.63) is 16.6 Å². The van der Waals surface area contributed by atoms with Gasteiger partial charge in [0.05, 0.1) is 11.3 Å². The number of nitrogens with two attached hydrogens (primary N) is 1. The van der Waals surface area contributed by atoms with E-state index in [1.165, 1.54) is 0 Å². The lowest BCUT2D eigenvalue weighted by atomic mass is 10.5. The summed E-state index contributed by atoms with van der Waals surface area (Å²) in [4.78, 5) is 5.00. The highest BCUT2D eigenvalue weighted by atomic mass is 32.2. The summed E-state index contributed by atoms with van der Waals surface area (Å²) in [5, 5.41) is 0. The Morgan fingerprint density at radius 2 is 2.50 bits per heavy atom. The molecule has 0 aliphatic carbocycles. The van der Waals surface area contributed by atoms with Gasteiger partial charge >= 0.3 is 0 Å². The lowest BCUT2D eigenvalue weighted by molar-refractivity contribution is 0.680. The van der Waals surface area contributed by atoms with Crippen LogP contribution in [-0.2, 0) is 16.6 Å². The van der Waals surface area contributed by atoms with Crippen LogP contribution in [0.4, 0.5) is 0 Å². The summed E-state index contributed by atoms with van der Waals surface area (Å²) < 4.78 is 11.3. The topological polar surface area (TPSA) is 56.0 Å². The minimum absolute atomic E-state index is 0.619. The van der Waals surface area contributed by atoms with E-state index in [0.717, 1.165) is 11.3 Å². The minimum Gasteiger partial charge on any atom is -0.330 e. The molecule has 2 N–H and O–H groups in total. The molecule has 0 aromatic carbocycles. The van der Waals surface area contributed by atoms with Crippen LogP contribution < -0.4 is 5.73 Å². The molecule has 0 aliphatic rings. The summed E-state index contributed by atoms with van der Waals surface area (Å²) in [6.45, 7) is 0.619. The van der Waals surface area contributed by atoms with Gasteiger partial charge in [-0.25, -0.2) is 0 Å². The van der Waals surface area contributed by atoms with Crippen molar-refractivity contribution in [2.24, 2.45) is 5.73 Å². The highest BCUT2D eigenvalue weighted by molar-refractivity contribution is 7.84. The number of hydrogen-bond donors (Lipinski definition) is 1. The maximum atomic E-state index is 11.3. The molecule has 0 radical (unpaired) electrons. The lowest BCUT2D eigenvalue weighted by Crippen LogP contribution is -2.06. The van der Waals surface area contributed by atoms with Gasteiger partial charge in [0.1, 0.15) is 0 Å². The van der Waals surface area contributed by atoms with Crippen LogP contribution in [0.15, 0.2) is 11.7 Å². The Labute approximate surface area is 78.5 Å². The van der Waals surface area contributed by atoms with Gasteiger partial charge in [-0.15, -0.1) is 11.3 Å². The van der Waals surface area contributed by atoms with E-state index in [4.69, 9.17) is 5.73 Å². The van der Waals surface area contributed by atoms with E-state index in [1.54, 1.807) is 23.0 Å². The van der Waals surface area contributed by atoms with Crippen LogP contribution in [0.1, 0.15) is 11.3 Å². The molecule has 0 amide bonds. The fourth-order valence-corrected chi connectivity index (χ4v) is 2.86. The van der Waals surface area contributed by atoms with E-state index in [-0.39, 0.29) is 0 Å². The summed E-state index contributed by atoms with van der Waals surface area (Å²) in [6.07, 6.45) is 2.61. The van der Waals surface area contributed by atoms with Crippen molar-refractivity contribution in [3.8, 4) is 0 Å². The molecule has 0 fully saturated rings. The second-order valence-electron chi connectivity index (χ2n) is 2.40. The number of thiazole rings is 1. The molecule has 3 nitrogen and oxygen atoms in total. The maximum Gasteiger partial charge on any atom is 0.0794 e. The number of nitrogens with zero attached hydrogens (tertiary/aromatic N) is 1. The molecule has 12 heavy (non-hydrogen) atoms. The first-order valence-electron chi connectivity index (χ1n) is 3.75. The normalized spacial score (nSPS) is 13.1. The smallest absolute Gasteiger partial charge is 0.0794 e. The van der Waals surface area contributed by atoms with Gasteiger partial charge in [0, 0.05) is 27.6 Å². The monoisotopic (exact) mass is 204 g/mol. The Hall–Kier alpha value is -0.260. The zero-order valence-corrected chi connectivity index (χ0v) is 8.37. The van der Waals surface area contributed by atoms with Crippen LogP contribution in [0.5, 0.6) is 0 Å². The number of hydrogen-bond acceptors (Lipinski definition) is 4. The van der Waals surface area contributed by atoms with Crippen molar-refractivity contribution in [3.63, 3.8) is 0 Å². The van der Waals surface area contributed by atoms with E-state index in [9.17, 15) is 4.21 Å². The fraction of sp³-hybridized carbons (Fsp3) is 0.571. The predicted octanol–water partition coefficient (Wildman–Crippen LogP) is 0.741. The van der Waals surface area contributed by atoms with Gasteiger partial charge in [0.25, 0.3) is 0 Å². The molecule has 1 rings (SSSR count). The van der Waals surface area contributed by atoms with Crippen molar-refractivity contribution in [2.75, 3.05) is 12.3 Å². The molecule has 68 valence electrons. The summed E-state index contributed by atoms with van der Waals surface area (Å²) in [6, 6.07) is 0. The molecule has 1 aromatic rings. The molecule has 5 heteroatoms. The van der Waals surface area contributed by atoms with Gasteiger partial charge in [-0.3, -0.25) is 9.19 Å². The van der Waals surface area contributed by atoms with Crippen molar-refractivity contribution in [1.29, 1.82) is 0 Å². The third kappa shape index (κ3) is 3.42. The average molecular weight is 204 g/mol. The van der Waals surface area contributed by atoms with Gasteiger partial charge < -0.3 is 5.73 Å². The summed E-state index contributed by atoms with van der Waals surface area (Å²) in [7, 11) is -0.759. The first kappa shape index (κ1) is 9.83. The first-order chi connectivity index (χ1) is 5.83. The third-order valence-electron chi connectivity index (χ3n) is 1.36. The van der Waals surface area contributed by atoms with E-state index < -0.39 is 10.8 Å². The van der Waals surface area contributed by atoms with Crippen molar-refractivity contribution >= 4 is 22.1 Å². The van der Waals surface area contributed by atoms with Gasteiger partial charge in [-0.05, 0) is 13.0 Å². The molecular weight excluding hydrogens is 192 g/mol. The quantitative estimate of drug-likeness (QED) is 0.769. The van der Waals surface area contributed by atoms with E-state index in [2.05, 4.69) is 4.98 Å². The molecule has 0 bridgehead atoms. The van der Waals surface area contributed by atoms with Crippen molar-refractivity contribution in [1.82, 2.24) is 4.98 Å². The van der Waals surface area contributed by atoms with E-state index in [0.29, 0.717) is 18.1 Å².